The second-order valence-corrected chi connectivity index (χ2v) is 9.60. The maximum Gasteiger partial charge on any atom is 0.0166 e. The zero-order chi connectivity index (χ0) is 19.1. The van der Waals surface area contributed by atoms with Crippen molar-refractivity contribution in [1.29, 1.82) is 0 Å². The fraction of sp³-hybridized carbons (Fsp3) is 0.333. The molecule has 0 saturated heterocycles. The van der Waals surface area contributed by atoms with Crippen LogP contribution < -0.4 is 0 Å². The highest BCUT2D eigenvalue weighted by atomic mass is 32.2. The van der Waals surface area contributed by atoms with Crippen molar-refractivity contribution in [3.63, 3.8) is 0 Å². The lowest BCUT2D eigenvalue weighted by Gasteiger charge is -2.25. The van der Waals surface area contributed by atoms with Crippen molar-refractivity contribution in [3.05, 3.63) is 82.4 Å². The molecule has 3 aromatic rings. The molecule has 0 atom stereocenters. The predicted molar refractivity (Wildman–Crippen MR) is 121 cm³/mol. The summed E-state index contributed by atoms with van der Waals surface area (Å²) in [5.41, 5.74) is 10.2. The lowest BCUT2D eigenvalue weighted by Crippen LogP contribution is -2.06. The Bertz CT molecular complexity index is 1010. The lowest BCUT2D eigenvalue weighted by molar-refractivity contribution is 0.443. The van der Waals surface area contributed by atoms with Gasteiger partial charge < -0.3 is 0 Å². The van der Waals surface area contributed by atoms with Crippen molar-refractivity contribution in [2.75, 3.05) is 0 Å². The van der Waals surface area contributed by atoms with Crippen LogP contribution in [0.3, 0.4) is 0 Å². The Hall–Kier alpha value is -1.99. The summed E-state index contributed by atoms with van der Waals surface area (Å²) in [6.07, 6.45) is 7.99. The maximum atomic E-state index is 2.41. The van der Waals surface area contributed by atoms with E-state index in [0.29, 0.717) is 0 Å². The molecule has 1 saturated carbocycles. The first kappa shape index (κ1) is 18.1. The van der Waals surface area contributed by atoms with Crippen molar-refractivity contribution >= 4 is 11.8 Å². The fourth-order valence-electron chi connectivity index (χ4n) is 5.01. The van der Waals surface area contributed by atoms with Gasteiger partial charge >= 0.3 is 0 Å². The van der Waals surface area contributed by atoms with E-state index in [1.807, 2.05) is 11.8 Å². The third-order valence-electron chi connectivity index (χ3n) is 6.75. The zero-order valence-electron chi connectivity index (χ0n) is 16.9. The van der Waals surface area contributed by atoms with E-state index in [0.717, 1.165) is 12.3 Å². The van der Waals surface area contributed by atoms with Crippen molar-refractivity contribution in [2.24, 2.45) is 0 Å². The van der Waals surface area contributed by atoms with Crippen LogP contribution in [0.4, 0.5) is 0 Å². The molecule has 2 aliphatic rings. The molecule has 1 heteroatoms. The molecule has 0 nitrogen and oxygen atoms in total. The van der Waals surface area contributed by atoms with Gasteiger partial charge in [0.25, 0.3) is 0 Å². The average Bonchev–Trinajstić information content (AvgIpc) is 2.74. The molecule has 1 heterocycles. The van der Waals surface area contributed by atoms with E-state index < -0.39 is 0 Å². The first-order valence-electron chi connectivity index (χ1n) is 10.7. The number of rotatable bonds is 2. The molecule has 1 fully saturated rings. The van der Waals surface area contributed by atoms with Crippen LogP contribution >= 0.6 is 11.8 Å². The van der Waals surface area contributed by atoms with Crippen LogP contribution in [0.15, 0.2) is 64.4 Å². The SMILES string of the molecule is Cc1cc2c(c(-c3ccc(C4CCCCC4)cc3)c1C)Cc1ccccc1S2. The maximum absolute atomic E-state index is 2.41. The van der Waals surface area contributed by atoms with Crippen LogP contribution in [0.2, 0.25) is 0 Å². The minimum atomic E-state index is 0.776. The molecule has 0 amide bonds. The summed E-state index contributed by atoms with van der Waals surface area (Å²) >= 11 is 1.94. The zero-order valence-corrected chi connectivity index (χ0v) is 17.7. The van der Waals surface area contributed by atoms with Gasteiger partial charge in [-0.05, 0) is 83.7 Å². The van der Waals surface area contributed by atoms with Crippen LogP contribution in [0, 0.1) is 13.8 Å². The van der Waals surface area contributed by atoms with Crippen molar-refractivity contribution in [2.45, 2.75) is 68.1 Å². The molecular weight excluding hydrogens is 356 g/mol. The van der Waals surface area contributed by atoms with Crippen molar-refractivity contribution < 1.29 is 0 Å². The molecule has 0 unspecified atom stereocenters. The molecule has 0 aromatic heterocycles. The molecule has 3 aromatic carbocycles. The minimum absolute atomic E-state index is 0.776. The number of hydrogen-bond donors (Lipinski definition) is 0. The molecule has 1 aliphatic heterocycles. The Kier molecular flexibility index (Phi) is 4.80. The van der Waals surface area contributed by atoms with Gasteiger partial charge in [-0.1, -0.05) is 73.5 Å². The summed E-state index contributed by atoms with van der Waals surface area (Å²) in [6, 6.07) is 20.9. The van der Waals surface area contributed by atoms with Gasteiger partial charge in [0.05, 0.1) is 0 Å². The second-order valence-electron chi connectivity index (χ2n) is 8.51. The lowest BCUT2D eigenvalue weighted by atomic mass is 9.83. The summed E-state index contributed by atoms with van der Waals surface area (Å²) in [5.74, 6) is 0.776. The number of hydrogen-bond acceptors (Lipinski definition) is 1. The topological polar surface area (TPSA) is 0 Å². The molecule has 5 rings (SSSR count). The summed E-state index contributed by atoms with van der Waals surface area (Å²) in [6.45, 7) is 4.56. The van der Waals surface area contributed by atoms with E-state index in [2.05, 4.69) is 68.4 Å². The molecular formula is C27H28S. The number of fused-ring (bicyclic) bond motifs is 2. The average molecular weight is 385 g/mol. The highest BCUT2D eigenvalue weighted by Crippen LogP contribution is 2.45. The third kappa shape index (κ3) is 3.20. The first-order chi connectivity index (χ1) is 13.7. The number of benzene rings is 3. The molecule has 0 bridgehead atoms. The van der Waals surface area contributed by atoms with Crippen LogP contribution in [-0.4, -0.2) is 0 Å². The Morgan fingerprint density at radius 3 is 2.36 bits per heavy atom. The standard InChI is InChI=1S/C27H28S/c1-18-16-26-24(17-23-10-6-7-11-25(23)28-26)27(19(18)2)22-14-12-21(13-15-22)20-8-4-3-5-9-20/h6-7,10-16,20H,3-5,8-9,17H2,1-2H3. The molecule has 0 N–H and O–H groups in total. The van der Waals surface area contributed by atoms with Gasteiger partial charge in [-0.3, -0.25) is 0 Å². The predicted octanol–water partition coefficient (Wildman–Crippen LogP) is 8.07. The Balaban J connectivity index is 1.56. The first-order valence-corrected chi connectivity index (χ1v) is 11.5. The molecule has 1 aliphatic carbocycles. The normalized spacial score (nSPS) is 16.5. The van der Waals surface area contributed by atoms with E-state index in [9.17, 15) is 0 Å². The summed E-state index contributed by atoms with van der Waals surface area (Å²) in [5, 5.41) is 0. The van der Waals surface area contributed by atoms with E-state index >= 15 is 0 Å². The van der Waals surface area contributed by atoms with Gasteiger partial charge in [-0.2, -0.15) is 0 Å². The summed E-state index contributed by atoms with van der Waals surface area (Å²) in [4.78, 5) is 2.85. The van der Waals surface area contributed by atoms with Gasteiger partial charge in [0, 0.05) is 16.2 Å². The smallest absolute Gasteiger partial charge is 0.0166 e. The molecule has 0 radical (unpaired) electrons. The van der Waals surface area contributed by atoms with Crippen LogP contribution in [0.1, 0.15) is 65.8 Å². The van der Waals surface area contributed by atoms with Crippen molar-refractivity contribution in [1.82, 2.24) is 0 Å². The molecule has 28 heavy (non-hydrogen) atoms. The Morgan fingerprint density at radius 2 is 1.57 bits per heavy atom. The number of aryl methyl sites for hydroxylation is 1. The van der Waals surface area contributed by atoms with Crippen LogP contribution in [0.5, 0.6) is 0 Å². The highest BCUT2D eigenvalue weighted by Gasteiger charge is 2.22. The minimum Gasteiger partial charge on any atom is -0.0895 e. The summed E-state index contributed by atoms with van der Waals surface area (Å²) < 4.78 is 0. The van der Waals surface area contributed by atoms with E-state index in [4.69, 9.17) is 0 Å². The third-order valence-corrected chi connectivity index (χ3v) is 7.95. The van der Waals surface area contributed by atoms with E-state index in [1.165, 1.54) is 75.3 Å². The Morgan fingerprint density at radius 1 is 0.821 bits per heavy atom. The monoisotopic (exact) mass is 384 g/mol. The highest BCUT2D eigenvalue weighted by molar-refractivity contribution is 7.99. The van der Waals surface area contributed by atoms with E-state index in [1.54, 1.807) is 5.56 Å². The molecule has 0 spiro atoms. The van der Waals surface area contributed by atoms with Gasteiger partial charge in [-0.25, -0.2) is 0 Å². The summed E-state index contributed by atoms with van der Waals surface area (Å²) in [7, 11) is 0. The second kappa shape index (κ2) is 7.44. The van der Waals surface area contributed by atoms with Gasteiger partial charge in [0.15, 0.2) is 0 Å². The largest absolute Gasteiger partial charge is 0.0895 e. The van der Waals surface area contributed by atoms with Gasteiger partial charge in [-0.15, -0.1) is 0 Å². The quantitative estimate of drug-likeness (QED) is 0.336. The molecule has 142 valence electrons. The van der Waals surface area contributed by atoms with Crippen LogP contribution in [0.25, 0.3) is 11.1 Å². The van der Waals surface area contributed by atoms with E-state index in [-0.39, 0.29) is 0 Å². The van der Waals surface area contributed by atoms with Gasteiger partial charge in [0.1, 0.15) is 0 Å². The van der Waals surface area contributed by atoms with Crippen LogP contribution in [-0.2, 0) is 6.42 Å². The van der Waals surface area contributed by atoms with Crippen molar-refractivity contribution in [3.8, 4) is 11.1 Å². The Labute approximate surface area is 173 Å². The fourth-order valence-corrected chi connectivity index (χ4v) is 6.20. The van der Waals surface area contributed by atoms with Gasteiger partial charge in [0.2, 0.25) is 0 Å².